The quantitative estimate of drug-likeness (QED) is 0.302. The summed E-state index contributed by atoms with van der Waals surface area (Å²) in [6.07, 6.45) is 9.82. The van der Waals surface area contributed by atoms with Crippen molar-refractivity contribution in [1.82, 2.24) is 35.1 Å². The molecule has 4 aliphatic rings. The van der Waals surface area contributed by atoms with Gasteiger partial charge in [0.1, 0.15) is 0 Å². The van der Waals surface area contributed by atoms with Crippen LogP contribution < -0.4 is 10.6 Å². The fourth-order valence-corrected chi connectivity index (χ4v) is 8.80. The summed E-state index contributed by atoms with van der Waals surface area (Å²) in [5.74, 6) is 0.597. The van der Waals surface area contributed by atoms with Crippen LogP contribution in [0.5, 0.6) is 0 Å². The Morgan fingerprint density at radius 2 is 1.71 bits per heavy atom. The molecule has 3 saturated heterocycles. The second-order valence-corrected chi connectivity index (χ2v) is 14.5. The number of nitrogens with zero attached hydrogens (tertiary/aromatic N) is 5. The van der Waals surface area contributed by atoms with E-state index in [9.17, 15) is 4.79 Å². The number of benzene rings is 2. The molecule has 1 atom stereocenters. The number of carbonyl (C=O) groups excluding carboxylic acids is 1. The standard InChI is InChI=1S/C35H49BrN8O/c36-32-23-27(22-29-24-38-40-34(29)32)21-26(25-42-17-19-43(20-18-42)30-5-11-37-12-6-30)7-13-41-14-9-31(10-15-41)44-16-8-28-3-1-2-4-33(28)39-35(44)45/h1-4,22-24,26,30-31,37H,5-21,25H2,(H,38,40)(H,39,45). The highest BCUT2D eigenvalue weighted by atomic mass is 79.9. The smallest absolute Gasteiger partial charge is 0.321 e. The fraction of sp³-hybridized carbons (Fsp3) is 0.600. The second kappa shape index (κ2) is 14.5. The Morgan fingerprint density at radius 1 is 0.911 bits per heavy atom. The van der Waals surface area contributed by atoms with Crippen molar-refractivity contribution >= 4 is 38.6 Å². The molecule has 2 amide bonds. The number of H-pyrrole nitrogens is 1. The minimum Gasteiger partial charge on any atom is -0.321 e. The molecule has 3 N–H and O–H groups in total. The number of likely N-dealkylation sites (tertiary alicyclic amines) is 1. The zero-order chi connectivity index (χ0) is 30.6. The molecule has 0 bridgehead atoms. The molecule has 10 heteroatoms. The van der Waals surface area contributed by atoms with Crippen LogP contribution in [0.25, 0.3) is 10.9 Å². The van der Waals surface area contributed by atoms with Gasteiger partial charge in [-0.05, 0) is 116 Å². The summed E-state index contributed by atoms with van der Waals surface area (Å²) in [4.78, 5) is 23.4. The van der Waals surface area contributed by atoms with Crippen molar-refractivity contribution < 1.29 is 4.79 Å². The van der Waals surface area contributed by atoms with Crippen LogP contribution in [0, 0.1) is 5.92 Å². The first kappa shape index (κ1) is 31.1. The van der Waals surface area contributed by atoms with Crippen molar-refractivity contribution in [2.45, 2.75) is 57.0 Å². The first-order chi connectivity index (χ1) is 22.1. The first-order valence-electron chi connectivity index (χ1n) is 17.3. The van der Waals surface area contributed by atoms with Crippen LogP contribution in [-0.2, 0) is 12.8 Å². The van der Waals surface area contributed by atoms with Crippen molar-refractivity contribution in [2.24, 2.45) is 5.92 Å². The summed E-state index contributed by atoms with van der Waals surface area (Å²) in [5, 5.41) is 15.3. The molecule has 3 aromatic rings. The number of piperidine rings is 2. The Balaban J connectivity index is 0.946. The SMILES string of the molecule is O=C1Nc2ccccc2CCN1C1CCN(CCC(Cc2cc(Br)c3[nH]ncc3c2)CN2CCN(C3CCNCC3)CC2)CC1. The fourth-order valence-electron chi connectivity index (χ4n) is 8.19. The number of aromatic amines is 1. The molecule has 0 aliphatic carbocycles. The minimum absolute atomic E-state index is 0.0690. The number of amides is 2. The molecule has 9 nitrogen and oxygen atoms in total. The zero-order valence-corrected chi connectivity index (χ0v) is 28.1. The van der Waals surface area contributed by atoms with Crippen LogP contribution in [0.2, 0.25) is 0 Å². The van der Waals surface area contributed by atoms with Crippen LogP contribution in [0.3, 0.4) is 0 Å². The molecule has 2 aromatic carbocycles. The number of aromatic nitrogens is 2. The van der Waals surface area contributed by atoms with E-state index in [1.165, 1.54) is 75.0 Å². The van der Waals surface area contributed by atoms with E-state index in [0.29, 0.717) is 12.0 Å². The van der Waals surface area contributed by atoms with Crippen LogP contribution in [0.15, 0.2) is 47.1 Å². The highest BCUT2D eigenvalue weighted by molar-refractivity contribution is 9.10. The van der Waals surface area contributed by atoms with Crippen molar-refractivity contribution in [2.75, 3.05) is 77.3 Å². The van der Waals surface area contributed by atoms with Crippen LogP contribution in [-0.4, -0.2) is 120 Å². The van der Waals surface area contributed by atoms with E-state index >= 15 is 0 Å². The summed E-state index contributed by atoms with van der Waals surface area (Å²) < 4.78 is 1.10. The molecule has 0 spiro atoms. The maximum Gasteiger partial charge on any atom is 0.322 e. The lowest BCUT2D eigenvalue weighted by Gasteiger charge is -2.42. The lowest BCUT2D eigenvalue weighted by atomic mass is 9.93. The monoisotopic (exact) mass is 676 g/mol. The number of hydrogen-bond donors (Lipinski definition) is 3. The van der Waals surface area contributed by atoms with Gasteiger partial charge in [-0.3, -0.25) is 10.00 Å². The number of para-hydroxylation sites is 1. The molecule has 7 rings (SSSR count). The average molecular weight is 678 g/mol. The maximum atomic E-state index is 13.1. The Kier molecular flexibility index (Phi) is 10.0. The second-order valence-electron chi connectivity index (χ2n) is 13.7. The molecule has 5 heterocycles. The zero-order valence-electron chi connectivity index (χ0n) is 26.5. The topological polar surface area (TPSA) is 82.8 Å². The minimum atomic E-state index is 0.0690. The van der Waals surface area contributed by atoms with Gasteiger partial charge in [-0.1, -0.05) is 18.2 Å². The number of halogens is 1. The van der Waals surface area contributed by atoms with E-state index in [-0.39, 0.29) is 6.03 Å². The summed E-state index contributed by atoms with van der Waals surface area (Å²) >= 11 is 3.78. The van der Waals surface area contributed by atoms with Gasteiger partial charge in [-0.25, -0.2) is 4.79 Å². The van der Waals surface area contributed by atoms with Gasteiger partial charge in [0.05, 0.1) is 11.7 Å². The van der Waals surface area contributed by atoms with Gasteiger partial charge >= 0.3 is 6.03 Å². The largest absolute Gasteiger partial charge is 0.322 e. The third-order valence-corrected chi connectivity index (χ3v) is 11.5. The molecular formula is C35H49BrN8O. The number of urea groups is 1. The maximum absolute atomic E-state index is 13.1. The number of anilines is 1. The van der Waals surface area contributed by atoms with Gasteiger partial charge in [0.25, 0.3) is 0 Å². The summed E-state index contributed by atoms with van der Waals surface area (Å²) in [7, 11) is 0. The van der Waals surface area contributed by atoms with E-state index < -0.39 is 0 Å². The van der Waals surface area contributed by atoms with Crippen LogP contribution in [0.1, 0.15) is 43.2 Å². The van der Waals surface area contributed by atoms with Gasteiger partial charge in [0.15, 0.2) is 0 Å². The van der Waals surface area contributed by atoms with Crippen molar-refractivity contribution in [3.8, 4) is 0 Å². The van der Waals surface area contributed by atoms with Gasteiger partial charge in [-0.15, -0.1) is 0 Å². The number of fused-ring (bicyclic) bond motifs is 2. The summed E-state index contributed by atoms with van der Waals surface area (Å²) in [5.41, 5.74) is 4.68. The summed E-state index contributed by atoms with van der Waals surface area (Å²) in [6, 6.07) is 14.0. The number of rotatable bonds is 9. The third-order valence-electron chi connectivity index (χ3n) is 10.8. The highest BCUT2D eigenvalue weighted by Gasteiger charge is 2.31. The molecule has 3 fully saturated rings. The van der Waals surface area contributed by atoms with Gasteiger partial charge < -0.3 is 25.3 Å². The first-order valence-corrected chi connectivity index (χ1v) is 18.0. The number of piperazine rings is 1. The predicted octanol–water partition coefficient (Wildman–Crippen LogP) is 4.80. The number of hydrogen-bond acceptors (Lipinski definition) is 6. The molecule has 45 heavy (non-hydrogen) atoms. The van der Waals surface area contributed by atoms with E-state index in [4.69, 9.17) is 0 Å². The van der Waals surface area contributed by atoms with E-state index in [1.807, 2.05) is 18.3 Å². The molecular weight excluding hydrogens is 628 g/mol. The Labute approximate surface area is 276 Å². The van der Waals surface area contributed by atoms with E-state index in [1.54, 1.807) is 0 Å². The molecule has 0 saturated carbocycles. The lowest BCUT2D eigenvalue weighted by Crippen LogP contribution is -2.53. The van der Waals surface area contributed by atoms with Crippen LogP contribution >= 0.6 is 15.9 Å². The van der Waals surface area contributed by atoms with E-state index in [2.05, 4.69) is 80.6 Å². The Bertz CT molecular complexity index is 1420. The predicted molar refractivity (Wildman–Crippen MR) is 185 cm³/mol. The number of nitrogens with one attached hydrogen (secondary N) is 3. The lowest BCUT2D eigenvalue weighted by molar-refractivity contribution is 0.0700. The van der Waals surface area contributed by atoms with Crippen molar-refractivity contribution in [1.29, 1.82) is 0 Å². The van der Waals surface area contributed by atoms with Crippen molar-refractivity contribution in [3.63, 3.8) is 0 Å². The molecule has 242 valence electrons. The summed E-state index contributed by atoms with van der Waals surface area (Å²) in [6.45, 7) is 12.3. The third kappa shape index (κ3) is 7.57. The highest BCUT2D eigenvalue weighted by Crippen LogP contribution is 2.28. The van der Waals surface area contributed by atoms with Gasteiger partial charge in [-0.2, -0.15) is 5.10 Å². The van der Waals surface area contributed by atoms with E-state index in [0.717, 1.165) is 80.1 Å². The van der Waals surface area contributed by atoms with Gasteiger partial charge in [0.2, 0.25) is 0 Å². The normalized spacial score (nSPS) is 22.3. The molecule has 0 radical (unpaired) electrons. The van der Waals surface area contributed by atoms with Gasteiger partial charge in [0, 0.05) is 80.0 Å². The average Bonchev–Trinajstić information content (AvgIpc) is 3.48. The molecule has 1 aromatic heterocycles. The Morgan fingerprint density at radius 3 is 2.53 bits per heavy atom. The van der Waals surface area contributed by atoms with Crippen LogP contribution in [0.4, 0.5) is 10.5 Å². The molecule has 1 unspecified atom stereocenters. The number of carbonyl (C=O) groups is 1. The van der Waals surface area contributed by atoms with Crippen molar-refractivity contribution in [3.05, 3.63) is 58.2 Å². The Hall–Kier alpha value is -2.50. The molecule has 4 aliphatic heterocycles.